The molecule has 2 amide bonds. The number of nitrogens with zero attached hydrogens (tertiary/aromatic N) is 1. The number of benzene rings is 1. The van der Waals surface area contributed by atoms with Gasteiger partial charge >= 0.3 is 0 Å². The largest absolute Gasteiger partial charge is 0.354 e. The first-order valence-electron chi connectivity index (χ1n) is 9.88. The summed E-state index contributed by atoms with van der Waals surface area (Å²) >= 11 is 1.81. The zero-order chi connectivity index (χ0) is 19.9. The fourth-order valence-corrected chi connectivity index (χ4v) is 4.18. The van der Waals surface area contributed by atoms with Crippen molar-refractivity contribution in [2.45, 2.75) is 33.2 Å². The van der Waals surface area contributed by atoms with E-state index in [4.69, 9.17) is 0 Å². The number of amides is 2. The van der Waals surface area contributed by atoms with Crippen LogP contribution in [0.2, 0.25) is 0 Å². The van der Waals surface area contributed by atoms with Gasteiger partial charge in [-0.2, -0.15) is 0 Å². The molecule has 0 radical (unpaired) electrons. The van der Waals surface area contributed by atoms with E-state index in [1.165, 1.54) is 4.88 Å². The summed E-state index contributed by atoms with van der Waals surface area (Å²) in [5.74, 6) is 0.178. The molecule has 0 aliphatic carbocycles. The van der Waals surface area contributed by atoms with Gasteiger partial charge in [0.1, 0.15) is 0 Å². The molecule has 5 nitrogen and oxygen atoms in total. The first kappa shape index (κ1) is 20.6. The molecule has 1 aliphatic heterocycles. The maximum absolute atomic E-state index is 12.2. The SMILES string of the molecule is Cc1ccc(C(=O)NCC(=O)NCC2CCN(Cc3cccs3)CC2)cc1C. The minimum atomic E-state index is -0.208. The topological polar surface area (TPSA) is 61.4 Å². The smallest absolute Gasteiger partial charge is 0.251 e. The van der Waals surface area contributed by atoms with Crippen LogP contribution in [0.1, 0.15) is 39.2 Å². The van der Waals surface area contributed by atoms with Gasteiger partial charge in [0.05, 0.1) is 6.54 Å². The Labute approximate surface area is 171 Å². The van der Waals surface area contributed by atoms with E-state index in [0.29, 0.717) is 18.0 Å². The number of carbonyl (C=O) groups is 2. The molecule has 2 heterocycles. The van der Waals surface area contributed by atoms with E-state index in [2.05, 4.69) is 33.0 Å². The predicted octanol–water partition coefficient (Wildman–Crippen LogP) is 3.12. The molecule has 6 heteroatoms. The van der Waals surface area contributed by atoms with Crippen molar-refractivity contribution in [3.63, 3.8) is 0 Å². The number of aryl methyl sites for hydroxylation is 2. The van der Waals surface area contributed by atoms with Crippen molar-refractivity contribution >= 4 is 23.2 Å². The molecule has 0 bridgehead atoms. The Morgan fingerprint density at radius 2 is 1.89 bits per heavy atom. The average Bonchev–Trinajstić information content (AvgIpc) is 3.20. The molecular formula is C22H29N3O2S. The van der Waals surface area contributed by atoms with Gasteiger partial charge in [-0.1, -0.05) is 12.1 Å². The van der Waals surface area contributed by atoms with Crippen molar-refractivity contribution in [1.82, 2.24) is 15.5 Å². The summed E-state index contributed by atoms with van der Waals surface area (Å²) in [6, 6.07) is 9.85. The molecule has 0 atom stereocenters. The second-order valence-electron chi connectivity index (χ2n) is 7.58. The highest BCUT2D eigenvalue weighted by Crippen LogP contribution is 2.20. The van der Waals surface area contributed by atoms with Gasteiger partial charge in [0.15, 0.2) is 0 Å². The van der Waals surface area contributed by atoms with Gasteiger partial charge in [-0.05, 0) is 80.4 Å². The van der Waals surface area contributed by atoms with E-state index >= 15 is 0 Å². The Morgan fingerprint density at radius 3 is 2.57 bits per heavy atom. The lowest BCUT2D eigenvalue weighted by molar-refractivity contribution is -0.120. The van der Waals surface area contributed by atoms with Gasteiger partial charge in [-0.25, -0.2) is 0 Å². The highest BCUT2D eigenvalue weighted by molar-refractivity contribution is 7.09. The third-order valence-corrected chi connectivity index (χ3v) is 6.29. The van der Waals surface area contributed by atoms with Crippen LogP contribution in [0.3, 0.4) is 0 Å². The van der Waals surface area contributed by atoms with Gasteiger partial charge in [0.25, 0.3) is 5.91 Å². The zero-order valence-corrected chi connectivity index (χ0v) is 17.5. The minimum absolute atomic E-state index is 0.0168. The number of hydrogen-bond acceptors (Lipinski definition) is 4. The number of likely N-dealkylation sites (tertiary alicyclic amines) is 1. The number of carbonyl (C=O) groups excluding carboxylic acids is 2. The third-order valence-electron chi connectivity index (χ3n) is 5.43. The van der Waals surface area contributed by atoms with Crippen molar-refractivity contribution in [2.24, 2.45) is 5.92 Å². The lowest BCUT2D eigenvalue weighted by atomic mass is 9.97. The Bertz CT molecular complexity index is 796. The highest BCUT2D eigenvalue weighted by atomic mass is 32.1. The summed E-state index contributed by atoms with van der Waals surface area (Å²) in [7, 11) is 0. The van der Waals surface area contributed by atoms with Gasteiger partial charge in [-0.15, -0.1) is 11.3 Å². The van der Waals surface area contributed by atoms with E-state index in [-0.39, 0.29) is 18.4 Å². The minimum Gasteiger partial charge on any atom is -0.354 e. The van der Waals surface area contributed by atoms with Gasteiger partial charge in [-0.3, -0.25) is 14.5 Å². The first-order chi connectivity index (χ1) is 13.5. The quantitative estimate of drug-likeness (QED) is 0.752. The molecule has 150 valence electrons. The third kappa shape index (κ3) is 5.91. The number of rotatable bonds is 7. The first-order valence-corrected chi connectivity index (χ1v) is 10.8. The molecule has 3 rings (SSSR count). The molecule has 1 aliphatic rings. The number of piperidine rings is 1. The van der Waals surface area contributed by atoms with E-state index in [9.17, 15) is 9.59 Å². The van der Waals surface area contributed by atoms with Crippen LogP contribution in [-0.4, -0.2) is 42.9 Å². The van der Waals surface area contributed by atoms with Crippen LogP contribution in [0.5, 0.6) is 0 Å². The second kappa shape index (κ2) is 9.85. The molecule has 0 unspecified atom stereocenters. The van der Waals surface area contributed by atoms with Crippen LogP contribution in [0.25, 0.3) is 0 Å². The summed E-state index contributed by atoms with van der Waals surface area (Å²) in [5, 5.41) is 7.80. The lowest BCUT2D eigenvalue weighted by Gasteiger charge is -2.31. The van der Waals surface area contributed by atoms with E-state index in [1.54, 1.807) is 17.4 Å². The van der Waals surface area contributed by atoms with Crippen LogP contribution < -0.4 is 10.6 Å². The van der Waals surface area contributed by atoms with Gasteiger partial charge in [0, 0.05) is 23.5 Å². The number of nitrogens with one attached hydrogen (secondary N) is 2. The number of hydrogen-bond donors (Lipinski definition) is 2. The maximum Gasteiger partial charge on any atom is 0.251 e. The molecule has 0 saturated carbocycles. The molecule has 2 N–H and O–H groups in total. The second-order valence-corrected chi connectivity index (χ2v) is 8.62. The molecule has 1 aromatic heterocycles. The van der Waals surface area contributed by atoms with Crippen molar-refractivity contribution < 1.29 is 9.59 Å². The summed E-state index contributed by atoms with van der Waals surface area (Å²) in [6.07, 6.45) is 2.20. The fourth-order valence-electron chi connectivity index (χ4n) is 3.44. The molecule has 28 heavy (non-hydrogen) atoms. The van der Waals surface area contributed by atoms with Crippen LogP contribution >= 0.6 is 11.3 Å². The van der Waals surface area contributed by atoms with E-state index < -0.39 is 0 Å². The molecule has 1 fully saturated rings. The summed E-state index contributed by atoms with van der Waals surface area (Å²) in [4.78, 5) is 28.2. The molecule has 0 spiro atoms. The Morgan fingerprint density at radius 1 is 1.11 bits per heavy atom. The van der Waals surface area contributed by atoms with Crippen LogP contribution in [0, 0.1) is 19.8 Å². The maximum atomic E-state index is 12.2. The molecule has 1 aromatic carbocycles. The van der Waals surface area contributed by atoms with Crippen molar-refractivity contribution in [2.75, 3.05) is 26.2 Å². The highest BCUT2D eigenvalue weighted by Gasteiger charge is 2.20. The average molecular weight is 400 g/mol. The van der Waals surface area contributed by atoms with Gasteiger partial charge in [0.2, 0.25) is 5.91 Å². The predicted molar refractivity (Wildman–Crippen MR) is 114 cm³/mol. The number of thiophene rings is 1. The van der Waals surface area contributed by atoms with Gasteiger partial charge < -0.3 is 10.6 Å². The van der Waals surface area contributed by atoms with Crippen LogP contribution in [0.4, 0.5) is 0 Å². The van der Waals surface area contributed by atoms with Crippen molar-refractivity contribution in [3.05, 3.63) is 57.3 Å². The molecule has 2 aromatic rings. The summed E-state index contributed by atoms with van der Waals surface area (Å²) in [5.41, 5.74) is 2.81. The molecule has 1 saturated heterocycles. The summed E-state index contributed by atoms with van der Waals surface area (Å²) in [6.45, 7) is 7.86. The molecular weight excluding hydrogens is 370 g/mol. The van der Waals surface area contributed by atoms with Crippen molar-refractivity contribution in [3.8, 4) is 0 Å². The van der Waals surface area contributed by atoms with Crippen LogP contribution in [0.15, 0.2) is 35.7 Å². The standard InChI is InChI=1S/C22H29N3O2S/c1-16-5-6-19(12-17(16)2)22(27)24-14-21(26)23-13-18-7-9-25(10-8-18)15-20-4-3-11-28-20/h3-6,11-12,18H,7-10,13-15H2,1-2H3,(H,23,26)(H,24,27). The normalized spacial score (nSPS) is 15.4. The summed E-state index contributed by atoms with van der Waals surface area (Å²) < 4.78 is 0. The Kier molecular flexibility index (Phi) is 7.23. The van der Waals surface area contributed by atoms with Crippen molar-refractivity contribution in [1.29, 1.82) is 0 Å². The van der Waals surface area contributed by atoms with E-state index in [0.717, 1.165) is 43.6 Å². The zero-order valence-electron chi connectivity index (χ0n) is 16.7. The van der Waals surface area contributed by atoms with E-state index in [1.807, 2.05) is 26.0 Å². The van der Waals surface area contributed by atoms with Crippen LogP contribution in [-0.2, 0) is 11.3 Å². The Balaban J connectivity index is 1.33. The monoisotopic (exact) mass is 399 g/mol. The lowest BCUT2D eigenvalue weighted by Crippen LogP contribution is -2.41. The Hall–Kier alpha value is -2.18. The fraction of sp³-hybridized carbons (Fsp3) is 0.455.